The van der Waals surface area contributed by atoms with Crippen molar-refractivity contribution in [1.82, 2.24) is 10.3 Å². The second-order valence-electron chi connectivity index (χ2n) is 7.12. The van der Waals surface area contributed by atoms with Crippen LogP contribution >= 0.6 is 11.3 Å². The first kappa shape index (κ1) is 18.4. The molecule has 0 aliphatic rings. The zero-order chi connectivity index (χ0) is 17.1. The third kappa shape index (κ3) is 6.01. The second-order valence-corrected chi connectivity index (χ2v) is 7.98. The van der Waals surface area contributed by atoms with Gasteiger partial charge in [0.25, 0.3) is 0 Å². The Morgan fingerprint density at radius 3 is 2.32 bits per heavy atom. The van der Waals surface area contributed by atoms with Gasteiger partial charge in [-0.3, -0.25) is 4.79 Å². The zero-order valence-corrected chi connectivity index (χ0v) is 14.7. The highest BCUT2D eigenvalue weighted by Gasteiger charge is 2.26. The molecule has 0 aliphatic carbocycles. The maximum atomic E-state index is 11.9. The Balaban J connectivity index is 2.91. The number of carboxylic acid groups (broad SMARTS) is 1. The third-order valence-electron chi connectivity index (χ3n) is 2.59. The van der Waals surface area contributed by atoms with Crippen molar-refractivity contribution in [2.75, 3.05) is 0 Å². The highest BCUT2D eigenvalue weighted by Crippen LogP contribution is 2.28. The summed E-state index contributed by atoms with van der Waals surface area (Å²) >= 11 is 1.46. The van der Waals surface area contributed by atoms with Crippen molar-refractivity contribution >= 4 is 23.4 Å². The Kier molecular flexibility index (Phi) is 5.56. The third-order valence-corrected chi connectivity index (χ3v) is 3.88. The highest BCUT2D eigenvalue weighted by atomic mass is 32.1. The van der Waals surface area contributed by atoms with Crippen molar-refractivity contribution in [3.05, 3.63) is 16.1 Å². The molecular weight excluding hydrogens is 304 g/mol. The van der Waals surface area contributed by atoms with Gasteiger partial charge in [0.1, 0.15) is 5.60 Å². The van der Waals surface area contributed by atoms with Gasteiger partial charge in [0, 0.05) is 10.8 Å². The average Bonchev–Trinajstić information content (AvgIpc) is 2.72. The van der Waals surface area contributed by atoms with Crippen LogP contribution in [0, 0.1) is 0 Å². The first-order valence-electron chi connectivity index (χ1n) is 7.05. The number of nitrogens with one attached hydrogen (secondary N) is 1. The van der Waals surface area contributed by atoms with E-state index < -0.39 is 23.7 Å². The van der Waals surface area contributed by atoms with E-state index in [4.69, 9.17) is 9.84 Å². The molecule has 1 rings (SSSR count). The van der Waals surface area contributed by atoms with E-state index in [1.165, 1.54) is 11.3 Å². The monoisotopic (exact) mass is 328 g/mol. The maximum absolute atomic E-state index is 11.9. The van der Waals surface area contributed by atoms with Gasteiger partial charge < -0.3 is 15.2 Å². The van der Waals surface area contributed by atoms with Crippen LogP contribution in [-0.2, 0) is 14.9 Å². The Labute approximate surface area is 134 Å². The number of hydrogen-bond donors (Lipinski definition) is 2. The van der Waals surface area contributed by atoms with Gasteiger partial charge in [0.05, 0.1) is 23.2 Å². The lowest BCUT2D eigenvalue weighted by Gasteiger charge is -2.22. The van der Waals surface area contributed by atoms with Gasteiger partial charge in [-0.15, -0.1) is 11.3 Å². The lowest BCUT2D eigenvalue weighted by molar-refractivity contribution is -0.137. The fourth-order valence-electron chi connectivity index (χ4n) is 1.64. The predicted octanol–water partition coefficient (Wildman–Crippen LogP) is 3.48. The minimum atomic E-state index is -1.01. The van der Waals surface area contributed by atoms with Gasteiger partial charge in [-0.25, -0.2) is 9.78 Å². The molecule has 0 saturated heterocycles. The Morgan fingerprint density at radius 1 is 1.32 bits per heavy atom. The van der Waals surface area contributed by atoms with Crippen LogP contribution in [0.5, 0.6) is 0 Å². The van der Waals surface area contributed by atoms with Gasteiger partial charge in [-0.1, -0.05) is 20.8 Å². The summed E-state index contributed by atoms with van der Waals surface area (Å²) in [6.07, 6.45) is -0.893. The van der Waals surface area contributed by atoms with Crippen LogP contribution in [-0.4, -0.2) is 27.8 Å². The number of aromatic nitrogens is 1. The van der Waals surface area contributed by atoms with Gasteiger partial charge in [0.15, 0.2) is 0 Å². The van der Waals surface area contributed by atoms with Crippen LogP contribution in [0.1, 0.15) is 64.7 Å². The molecule has 124 valence electrons. The summed E-state index contributed by atoms with van der Waals surface area (Å²) in [4.78, 5) is 27.4. The molecule has 0 spiro atoms. The number of hydrogen-bond acceptors (Lipinski definition) is 5. The summed E-state index contributed by atoms with van der Waals surface area (Å²) in [6.45, 7) is 11.3. The maximum Gasteiger partial charge on any atom is 0.408 e. The lowest BCUT2D eigenvalue weighted by Crippen LogP contribution is -2.36. The lowest BCUT2D eigenvalue weighted by atomic mass is 9.98. The van der Waals surface area contributed by atoms with E-state index in [0.29, 0.717) is 5.69 Å². The standard InChI is InChI=1S/C15H24N2O4S/c1-14(2,3)12-16-10(8-22-12)9(7-11(18)19)17-13(20)21-15(4,5)6/h8-9H,7H2,1-6H3,(H,17,20)(H,18,19). The summed E-state index contributed by atoms with van der Waals surface area (Å²) in [7, 11) is 0. The Bertz CT molecular complexity index is 540. The molecule has 1 amide bonds. The minimum Gasteiger partial charge on any atom is -0.481 e. The van der Waals surface area contributed by atoms with Gasteiger partial charge in [0.2, 0.25) is 0 Å². The van der Waals surface area contributed by atoms with Crippen molar-refractivity contribution < 1.29 is 19.4 Å². The average molecular weight is 328 g/mol. The van der Waals surface area contributed by atoms with Crippen molar-refractivity contribution in [1.29, 1.82) is 0 Å². The fraction of sp³-hybridized carbons (Fsp3) is 0.667. The largest absolute Gasteiger partial charge is 0.481 e. The number of carbonyl (C=O) groups excluding carboxylic acids is 1. The molecule has 1 heterocycles. The van der Waals surface area contributed by atoms with Gasteiger partial charge in [-0.2, -0.15) is 0 Å². The summed E-state index contributed by atoms with van der Waals surface area (Å²) in [6, 6.07) is -0.709. The number of carbonyl (C=O) groups is 2. The molecule has 1 aromatic heterocycles. The number of ether oxygens (including phenoxy) is 1. The number of carboxylic acids is 1. The normalized spacial score (nSPS) is 13.5. The topological polar surface area (TPSA) is 88.5 Å². The van der Waals surface area contributed by atoms with E-state index in [1.807, 2.05) is 20.8 Å². The molecule has 7 heteroatoms. The molecule has 22 heavy (non-hydrogen) atoms. The van der Waals surface area contributed by atoms with Crippen LogP contribution < -0.4 is 5.32 Å². The summed E-state index contributed by atoms with van der Waals surface area (Å²) in [5.74, 6) is -1.01. The first-order valence-corrected chi connectivity index (χ1v) is 7.93. The van der Waals surface area contributed by atoms with E-state index in [2.05, 4.69) is 10.3 Å². The molecule has 0 radical (unpaired) electrons. The molecule has 0 aliphatic heterocycles. The molecular formula is C15H24N2O4S. The summed E-state index contributed by atoms with van der Waals surface area (Å²) in [5, 5.41) is 14.3. The summed E-state index contributed by atoms with van der Waals surface area (Å²) in [5.41, 5.74) is -0.220. The van der Waals surface area contributed by atoms with Crippen molar-refractivity contribution in [2.45, 2.75) is 65.0 Å². The van der Waals surface area contributed by atoms with Crippen LogP contribution in [0.15, 0.2) is 5.38 Å². The van der Waals surface area contributed by atoms with Gasteiger partial charge in [-0.05, 0) is 20.8 Å². The van der Waals surface area contributed by atoms with Crippen LogP contribution in [0.3, 0.4) is 0 Å². The fourth-order valence-corrected chi connectivity index (χ4v) is 2.61. The smallest absolute Gasteiger partial charge is 0.408 e. The van der Waals surface area contributed by atoms with E-state index in [1.54, 1.807) is 26.2 Å². The SMILES string of the molecule is CC(C)(C)OC(=O)NC(CC(=O)O)c1csc(C(C)(C)C)n1. The van der Waals surface area contributed by atoms with E-state index in [-0.39, 0.29) is 11.8 Å². The molecule has 2 N–H and O–H groups in total. The summed E-state index contributed by atoms with van der Waals surface area (Å²) < 4.78 is 5.18. The molecule has 0 bridgehead atoms. The number of alkyl carbamates (subject to hydrolysis) is 1. The first-order chi connectivity index (χ1) is 9.88. The molecule has 1 unspecified atom stereocenters. The Morgan fingerprint density at radius 2 is 1.91 bits per heavy atom. The van der Waals surface area contributed by atoms with Gasteiger partial charge >= 0.3 is 12.1 Å². The second kappa shape index (κ2) is 6.64. The number of thiazole rings is 1. The highest BCUT2D eigenvalue weighted by molar-refractivity contribution is 7.09. The van der Waals surface area contributed by atoms with Crippen molar-refractivity contribution in [3.8, 4) is 0 Å². The van der Waals surface area contributed by atoms with Crippen molar-refractivity contribution in [2.24, 2.45) is 0 Å². The predicted molar refractivity (Wildman–Crippen MR) is 85.2 cm³/mol. The molecule has 0 saturated carbocycles. The number of aliphatic carboxylic acids is 1. The van der Waals surface area contributed by atoms with Crippen LogP contribution in [0.2, 0.25) is 0 Å². The number of rotatable bonds is 4. The van der Waals surface area contributed by atoms with E-state index in [0.717, 1.165) is 5.01 Å². The molecule has 0 aromatic carbocycles. The molecule has 6 nitrogen and oxygen atoms in total. The quantitative estimate of drug-likeness (QED) is 0.883. The molecule has 1 aromatic rings. The van der Waals surface area contributed by atoms with Crippen molar-refractivity contribution in [3.63, 3.8) is 0 Å². The zero-order valence-electron chi connectivity index (χ0n) is 13.9. The van der Waals surface area contributed by atoms with Crippen LogP contribution in [0.25, 0.3) is 0 Å². The Hall–Kier alpha value is -1.63. The molecule has 0 fully saturated rings. The molecule has 1 atom stereocenters. The van der Waals surface area contributed by atoms with E-state index >= 15 is 0 Å². The van der Waals surface area contributed by atoms with E-state index in [9.17, 15) is 9.59 Å². The minimum absolute atomic E-state index is 0.122. The number of nitrogens with zero attached hydrogens (tertiary/aromatic N) is 1. The van der Waals surface area contributed by atoms with Crippen LogP contribution in [0.4, 0.5) is 4.79 Å². The number of amides is 1.